The second-order valence-corrected chi connectivity index (χ2v) is 11.7. The normalized spacial score (nSPS) is 15.0. The number of benzene rings is 2. The number of hydrogen-bond donors (Lipinski definition) is 2. The van der Waals surface area contributed by atoms with Gasteiger partial charge in [0.05, 0.1) is 5.56 Å². The maximum absolute atomic E-state index is 13.5. The van der Waals surface area contributed by atoms with Gasteiger partial charge in [0.25, 0.3) is 5.91 Å². The molecule has 2 N–H and O–H groups in total. The van der Waals surface area contributed by atoms with Gasteiger partial charge in [0.2, 0.25) is 11.8 Å². The summed E-state index contributed by atoms with van der Waals surface area (Å²) in [6.07, 6.45) is -7.66. The van der Waals surface area contributed by atoms with Crippen LogP contribution in [0.15, 0.2) is 71.3 Å². The summed E-state index contributed by atoms with van der Waals surface area (Å²) in [6, 6.07) is 12.8. The van der Waals surface area contributed by atoms with Gasteiger partial charge in [0.15, 0.2) is 5.69 Å². The van der Waals surface area contributed by atoms with Gasteiger partial charge in [-0.25, -0.2) is 19.7 Å². The average Bonchev–Trinajstić information content (AvgIpc) is 3.50. The Labute approximate surface area is 268 Å². The number of anilines is 1. The summed E-state index contributed by atoms with van der Waals surface area (Å²) in [5, 5.41) is 12.3. The number of rotatable bonds is 10. The Morgan fingerprint density at radius 3 is 2.26 bits per heavy atom. The second-order valence-electron chi connectivity index (χ2n) is 10.7. The highest BCUT2D eigenvalue weighted by Crippen LogP contribution is 2.36. The smallest absolute Gasteiger partial charge is 0.433 e. The largest absolute Gasteiger partial charge is 0.480 e. The van der Waals surface area contributed by atoms with Crippen LogP contribution in [0, 0.1) is 0 Å². The zero-order valence-electron chi connectivity index (χ0n) is 24.4. The van der Waals surface area contributed by atoms with E-state index in [0.717, 1.165) is 42.1 Å². The number of nitrogens with zero attached hydrogens (tertiary/aromatic N) is 4. The lowest BCUT2D eigenvalue weighted by molar-refractivity contribution is -0.141. The van der Waals surface area contributed by atoms with Gasteiger partial charge in [-0.05, 0) is 48.7 Å². The molecule has 0 unspecified atom stereocenters. The number of alkyl halides is 6. The van der Waals surface area contributed by atoms with E-state index in [4.69, 9.17) is 4.42 Å². The minimum absolute atomic E-state index is 0.0320. The maximum atomic E-state index is 13.5. The van der Waals surface area contributed by atoms with Gasteiger partial charge < -0.3 is 19.7 Å². The van der Waals surface area contributed by atoms with E-state index < -0.39 is 47.4 Å². The van der Waals surface area contributed by atoms with Crippen LogP contribution in [0.1, 0.15) is 51.8 Å². The number of oxazole rings is 1. The maximum Gasteiger partial charge on any atom is 0.433 e. The molecular weight excluding hydrogens is 652 g/mol. The fraction of sp³-hybridized carbons (Fsp3) is 0.323. The van der Waals surface area contributed by atoms with Crippen molar-refractivity contribution in [3.63, 3.8) is 0 Å². The molecule has 0 spiro atoms. The molecule has 1 amide bonds. The van der Waals surface area contributed by atoms with Crippen molar-refractivity contribution in [3.8, 4) is 11.5 Å². The quantitative estimate of drug-likeness (QED) is 0.177. The van der Waals surface area contributed by atoms with Crippen LogP contribution in [0.5, 0.6) is 0 Å². The monoisotopic (exact) mass is 679 g/mol. The lowest BCUT2D eigenvalue weighted by Crippen LogP contribution is -2.43. The molecule has 2 aromatic carbocycles. The molecule has 1 atom stereocenters. The molecule has 9 nitrogen and oxygen atoms in total. The third kappa shape index (κ3) is 8.41. The van der Waals surface area contributed by atoms with E-state index in [0.29, 0.717) is 5.75 Å². The molecule has 16 heteroatoms. The third-order valence-corrected chi connectivity index (χ3v) is 8.52. The van der Waals surface area contributed by atoms with E-state index >= 15 is 0 Å². The van der Waals surface area contributed by atoms with Crippen molar-refractivity contribution in [3.05, 3.63) is 95.1 Å². The SMILES string of the molecule is O=C(N[C@@H](CSCc1ccccc1)C(=O)O)c1nc(-c2ccc(C(F)(F)F)cc2)oc1C1CCN(c2nccc(C(F)(F)F)n2)CC1. The number of aliphatic carboxylic acids is 1. The number of thioether (sulfide) groups is 1. The van der Waals surface area contributed by atoms with Crippen LogP contribution in [-0.4, -0.2) is 56.8 Å². The first-order valence-corrected chi connectivity index (χ1v) is 15.4. The lowest BCUT2D eigenvalue weighted by Gasteiger charge is -2.31. The lowest BCUT2D eigenvalue weighted by atomic mass is 9.93. The molecule has 1 aliphatic heterocycles. The molecule has 5 rings (SSSR count). The van der Waals surface area contributed by atoms with E-state index in [1.54, 1.807) is 4.90 Å². The molecule has 1 aliphatic rings. The van der Waals surface area contributed by atoms with Gasteiger partial charge in [0, 0.05) is 42.3 Å². The highest BCUT2D eigenvalue weighted by molar-refractivity contribution is 7.98. The van der Waals surface area contributed by atoms with Crippen molar-refractivity contribution in [2.24, 2.45) is 0 Å². The van der Waals surface area contributed by atoms with Gasteiger partial charge in [0.1, 0.15) is 17.5 Å². The van der Waals surface area contributed by atoms with Crippen molar-refractivity contribution in [1.82, 2.24) is 20.3 Å². The number of carbonyl (C=O) groups excluding carboxylic acids is 1. The van der Waals surface area contributed by atoms with E-state index in [-0.39, 0.29) is 60.5 Å². The molecular formula is C31H27F6N5O4S. The molecule has 0 saturated carbocycles. The third-order valence-electron chi connectivity index (χ3n) is 7.41. The summed E-state index contributed by atoms with van der Waals surface area (Å²) in [6.45, 7) is 0.383. The Hall–Kier alpha value is -4.60. The molecule has 47 heavy (non-hydrogen) atoms. The van der Waals surface area contributed by atoms with Crippen molar-refractivity contribution in [1.29, 1.82) is 0 Å². The number of hydrogen-bond acceptors (Lipinski definition) is 8. The molecule has 248 valence electrons. The number of aromatic nitrogens is 3. The zero-order valence-corrected chi connectivity index (χ0v) is 25.2. The first-order chi connectivity index (χ1) is 22.3. The van der Waals surface area contributed by atoms with Crippen molar-refractivity contribution in [2.45, 2.75) is 42.9 Å². The Kier molecular flexibility index (Phi) is 10.1. The number of carbonyl (C=O) groups is 2. The molecule has 3 heterocycles. The summed E-state index contributed by atoms with van der Waals surface area (Å²) in [5.41, 5.74) is -1.09. The Morgan fingerprint density at radius 1 is 0.957 bits per heavy atom. The topological polar surface area (TPSA) is 121 Å². The number of carboxylic acid groups (broad SMARTS) is 1. The summed E-state index contributed by atoms with van der Waals surface area (Å²) in [4.78, 5) is 39.0. The molecule has 0 radical (unpaired) electrons. The molecule has 0 aliphatic carbocycles. The average molecular weight is 680 g/mol. The van der Waals surface area contributed by atoms with Crippen LogP contribution in [0.25, 0.3) is 11.5 Å². The van der Waals surface area contributed by atoms with Crippen LogP contribution >= 0.6 is 11.8 Å². The number of nitrogens with one attached hydrogen (secondary N) is 1. The Morgan fingerprint density at radius 2 is 1.64 bits per heavy atom. The van der Waals surface area contributed by atoms with Crippen LogP contribution in [0.2, 0.25) is 0 Å². The molecule has 1 saturated heterocycles. The van der Waals surface area contributed by atoms with Gasteiger partial charge in [-0.15, -0.1) is 0 Å². The Bertz CT molecular complexity index is 1690. The van der Waals surface area contributed by atoms with E-state index in [1.165, 1.54) is 11.8 Å². The van der Waals surface area contributed by atoms with Crippen LogP contribution < -0.4 is 10.2 Å². The van der Waals surface area contributed by atoms with E-state index in [9.17, 15) is 41.0 Å². The first kappa shape index (κ1) is 33.8. The molecule has 0 bridgehead atoms. The fourth-order valence-electron chi connectivity index (χ4n) is 4.97. The number of halogens is 6. The number of amides is 1. The second kappa shape index (κ2) is 14.0. The predicted octanol–water partition coefficient (Wildman–Crippen LogP) is 6.67. The Balaban J connectivity index is 1.37. The van der Waals surface area contributed by atoms with Crippen LogP contribution in [-0.2, 0) is 22.9 Å². The van der Waals surface area contributed by atoms with Gasteiger partial charge >= 0.3 is 18.3 Å². The van der Waals surface area contributed by atoms with Gasteiger partial charge in [-0.2, -0.15) is 38.1 Å². The van der Waals surface area contributed by atoms with Crippen molar-refractivity contribution < 1.29 is 45.5 Å². The summed E-state index contributed by atoms with van der Waals surface area (Å²) in [5.74, 6) is -2.25. The summed E-state index contributed by atoms with van der Waals surface area (Å²) < 4.78 is 84.9. The predicted molar refractivity (Wildman–Crippen MR) is 160 cm³/mol. The zero-order chi connectivity index (χ0) is 33.8. The van der Waals surface area contributed by atoms with Crippen molar-refractivity contribution >= 4 is 29.6 Å². The minimum Gasteiger partial charge on any atom is -0.480 e. The minimum atomic E-state index is -4.65. The molecule has 1 fully saturated rings. The van der Waals surface area contributed by atoms with Crippen molar-refractivity contribution in [2.75, 3.05) is 23.7 Å². The van der Waals surface area contributed by atoms with Gasteiger partial charge in [-0.3, -0.25) is 4.79 Å². The van der Waals surface area contributed by atoms with Crippen LogP contribution in [0.4, 0.5) is 32.3 Å². The fourth-order valence-corrected chi connectivity index (χ4v) is 5.97. The van der Waals surface area contributed by atoms with E-state index in [1.807, 2.05) is 30.3 Å². The standard InChI is InChI=1S/C31H27F6N5O4S/c32-30(33,34)21-8-6-20(7-9-21)27-41-24(26(43)39-22(28(44)45)17-47-16-18-4-2-1-3-5-18)25(46-27)19-11-14-42(15-12-19)29-38-13-10-23(40-29)31(35,36)37/h1-10,13,19,22H,11-12,14-17H2,(H,39,43)(H,44,45)/t22-/m0/s1. The molecule has 4 aromatic rings. The number of carboxylic acids is 1. The highest BCUT2D eigenvalue weighted by atomic mass is 32.2. The van der Waals surface area contributed by atoms with E-state index in [2.05, 4.69) is 20.3 Å². The van der Waals surface area contributed by atoms with Gasteiger partial charge in [-0.1, -0.05) is 30.3 Å². The van der Waals surface area contributed by atoms with Crippen LogP contribution in [0.3, 0.4) is 0 Å². The summed E-state index contributed by atoms with van der Waals surface area (Å²) >= 11 is 1.30. The summed E-state index contributed by atoms with van der Waals surface area (Å²) in [7, 11) is 0. The highest BCUT2D eigenvalue weighted by Gasteiger charge is 2.36. The molecule has 2 aromatic heterocycles. The first-order valence-electron chi connectivity index (χ1n) is 14.3. The number of piperidine rings is 1.